The minimum absolute atomic E-state index is 0.0392. The minimum atomic E-state index is -4.84. The number of primary sulfonamides is 1. The summed E-state index contributed by atoms with van der Waals surface area (Å²) in [6.07, 6.45) is -5.05. The molecule has 22 heavy (non-hydrogen) atoms. The van der Waals surface area contributed by atoms with Gasteiger partial charge >= 0.3 is 6.18 Å². The van der Waals surface area contributed by atoms with Crippen LogP contribution in [0.5, 0.6) is 0 Å². The summed E-state index contributed by atoms with van der Waals surface area (Å²) in [5.74, 6) is 0.0392. The van der Waals surface area contributed by atoms with Crippen LogP contribution in [0.25, 0.3) is 0 Å². The lowest BCUT2D eigenvalue weighted by molar-refractivity contribution is -0.139. The van der Waals surface area contributed by atoms with Crippen molar-refractivity contribution in [2.24, 2.45) is 11.1 Å². The van der Waals surface area contributed by atoms with Gasteiger partial charge in [0.05, 0.1) is 16.6 Å². The molecule has 0 saturated heterocycles. The summed E-state index contributed by atoms with van der Waals surface area (Å²) < 4.78 is 61.2. The number of hydrogen-bond acceptors (Lipinski definition) is 4. The molecule has 0 aliphatic carbocycles. The molecule has 0 saturated carbocycles. The van der Waals surface area contributed by atoms with Crippen LogP contribution >= 0.6 is 0 Å². The smallest absolute Gasteiger partial charge is 0.393 e. The van der Waals surface area contributed by atoms with Gasteiger partial charge in [-0.05, 0) is 30.5 Å². The highest BCUT2D eigenvalue weighted by atomic mass is 32.2. The molecule has 4 N–H and O–H groups in total. The lowest BCUT2D eigenvalue weighted by atomic mass is 10.0. The molecular formula is C13H19F3N2O3S. The van der Waals surface area contributed by atoms with Crippen molar-refractivity contribution >= 4 is 15.7 Å². The highest BCUT2D eigenvalue weighted by Crippen LogP contribution is 2.35. The second-order valence-electron chi connectivity index (χ2n) is 5.28. The van der Waals surface area contributed by atoms with Gasteiger partial charge in [-0.3, -0.25) is 0 Å². The zero-order valence-electron chi connectivity index (χ0n) is 12.2. The van der Waals surface area contributed by atoms with Crippen LogP contribution in [0.3, 0.4) is 0 Å². The summed E-state index contributed by atoms with van der Waals surface area (Å²) in [4.78, 5) is -0.965. The Bertz CT molecular complexity index is 615. The van der Waals surface area contributed by atoms with Gasteiger partial charge in [0.1, 0.15) is 0 Å². The van der Waals surface area contributed by atoms with Gasteiger partial charge in [-0.25, -0.2) is 13.6 Å². The summed E-state index contributed by atoms with van der Waals surface area (Å²) >= 11 is 0. The molecule has 0 radical (unpaired) electrons. The molecule has 1 atom stereocenters. The lowest BCUT2D eigenvalue weighted by Gasteiger charge is -2.17. The van der Waals surface area contributed by atoms with Crippen LogP contribution in [0.4, 0.5) is 18.9 Å². The molecular weight excluding hydrogens is 321 g/mol. The highest BCUT2D eigenvalue weighted by molar-refractivity contribution is 7.89. The fourth-order valence-corrected chi connectivity index (χ4v) is 2.55. The number of aliphatic hydroxyl groups excluding tert-OH is 1. The molecule has 0 heterocycles. The Balaban J connectivity index is 2.97. The van der Waals surface area contributed by atoms with Gasteiger partial charge in [0.2, 0.25) is 10.0 Å². The molecule has 0 fully saturated rings. The molecule has 9 heteroatoms. The highest BCUT2D eigenvalue weighted by Gasteiger charge is 2.36. The molecule has 0 aliphatic rings. The predicted molar refractivity (Wildman–Crippen MR) is 76.8 cm³/mol. The molecule has 1 unspecified atom stereocenters. The van der Waals surface area contributed by atoms with E-state index in [-0.39, 0.29) is 18.2 Å². The Morgan fingerprint density at radius 3 is 2.36 bits per heavy atom. The van der Waals surface area contributed by atoms with E-state index in [0.717, 1.165) is 6.07 Å². The van der Waals surface area contributed by atoms with E-state index in [1.54, 1.807) is 0 Å². The van der Waals surface area contributed by atoms with Crippen molar-refractivity contribution in [2.75, 3.05) is 11.9 Å². The first-order valence-corrected chi connectivity index (χ1v) is 8.13. The third-order valence-electron chi connectivity index (χ3n) is 3.13. The molecule has 126 valence electrons. The van der Waals surface area contributed by atoms with Crippen molar-refractivity contribution in [2.45, 2.75) is 37.4 Å². The standard InChI is InChI=1S/C13H19F3N2O3S/c1-8(2)11(19)5-6-18-9-3-4-12(22(17,20)21)10(7-9)13(14,15)16/h3-4,7-8,11,18-19H,5-6H2,1-2H3,(H2,17,20,21). The fourth-order valence-electron chi connectivity index (χ4n) is 1.81. The maximum atomic E-state index is 12.9. The molecule has 1 aromatic rings. The van der Waals surface area contributed by atoms with Crippen molar-refractivity contribution in [3.63, 3.8) is 0 Å². The maximum absolute atomic E-state index is 12.9. The van der Waals surface area contributed by atoms with Crippen molar-refractivity contribution in [3.8, 4) is 0 Å². The van der Waals surface area contributed by atoms with E-state index < -0.39 is 32.8 Å². The normalized spacial score (nSPS) is 14.2. The molecule has 1 rings (SSSR count). The number of hydrogen-bond donors (Lipinski definition) is 3. The van der Waals surface area contributed by atoms with E-state index in [1.165, 1.54) is 6.07 Å². The number of halogens is 3. The van der Waals surface area contributed by atoms with Gasteiger partial charge in [-0.15, -0.1) is 0 Å². The van der Waals surface area contributed by atoms with E-state index >= 15 is 0 Å². The van der Waals surface area contributed by atoms with Crippen molar-refractivity contribution < 1.29 is 26.7 Å². The Labute approximate surface area is 127 Å². The molecule has 1 aromatic carbocycles. The molecule has 0 aromatic heterocycles. The van der Waals surface area contributed by atoms with Crippen LogP contribution < -0.4 is 10.5 Å². The summed E-state index contributed by atoms with van der Waals surface area (Å²) in [5, 5.41) is 17.1. The summed E-state index contributed by atoms with van der Waals surface area (Å²) in [6, 6.07) is 2.72. The topological polar surface area (TPSA) is 92.4 Å². The molecule has 0 bridgehead atoms. The Kier molecular flexibility index (Phi) is 5.82. The summed E-state index contributed by atoms with van der Waals surface area (Å²) in [5.41, 5.74) is -1.21. The van der Waals surface area contributed by atoms with Gasteiger partial charge in [0.25, 0.3) is 0 Å². The first-order chi connectivity index (χ1) is 9.93. The van der Waals surface area contributed by atoms with Crippen LogP contribution in [0.1, 0.15) is 25.8 Å². The third-order valence-corrected chi connectivity index (χ3v) is 4.10. The van der Waals surface area contributed by atoms with Crippen molar-refractivity contribution in [3.05, 3.63) is 23.8 Å². The van der Waals surface area contributed by atoms with Gasteiger partial charge < -0.3 is 10.4 Å². The molecule has 5 nitrogen and oxygen atoms in total. The second-order valence-corrected chi connectivity index (χ2v) is 6.81. The number of sulfonamides is 1. The van der Waals surface area contributed by atoms with E-state index in [0.29, 0.717) is 12.5 Å². The summed E-state index contributed by atoms with van der Waals surface area (Å²) in [6.45, 7) is 3.91. The number of nitrogens with one attached hydrogen (secondary N) is 1. The monoisotopic (exact) mass is 340 g/mol. The fraction of sp³-hybridized carbons (Fsp3) is 0.538. The predicted octanol–water partition coefficient (Wildman–Crippen LogP) is 2.17. The molecule has 0 spiro atoms. The Morgan fingerprint density at radius 2 is 1.91 bits per heavy atom. The number of nitrogens with two attached hydrogens (primary N) is 1. The van der Waals surface area contributed by atoms with Crippen LogP contribution in [0.2, 0.25) is 0 Å². The molecule has 0 amide bonds. The number of benzene rings is 1. The SMILES string of the molecule is CC(C)C(O)CCNc1ccc(S(N)(=O)=O)c(C(F)(F)F)c1. The lowest BCUT2D eigenvalue weighted by Crippen LogP contribution is -2.20. The first kappa shape index (κ1) is 18.7. The average Bonchev–Trinajstić information content (AvgIpc) is 2.36. The third kappa shape index (κ3) is 5.15. The van der Waals surface area contributed by atoms with E-state index in [4.69, 9.17) is 5.14 Å². The number of aliphatic hydroxyl groups is 1. The molecule has 0 aliphatic heterocycles. The largest absolute Gasteiger partial charge is 0.417 e. The Morgan fingerprint density at radius 1 is 1.32 bits per heavy atom. The van der Waals surface area contributed by atoms with E-state index in [1.807, 2.05) is 13.8 Å². The van der Waals surface area contributed by atoms with Gasteiger partial charge in [-0.1, -0.05) is 13.8 Å². The van der Waals surface area contributed by atoms with Gasteiger partial charge in [0, 0.05) is 12.2 Å². The van der Waals surface area contributed by atoms with Crippen LogP contribution in [-0.2, 0) is 16.2 Å². The van der Waals surface area contributed by atoms with Gasteiger partial charge in [-0.2, -0.15) is 13.2 Å². The van der Waals surface area contributed by atoms with Gasteiger partial charge in [0.15, 0.2) is 0 Å². The van der Waals surface area contributed by atoms with Crippen molar-refractivity contribution in [1.29, 1.82) is 0 Å². The first-order valence-electron chi connectivity index (χ1n) is 6.59. The zero-order chi connectivity index (χ0) is 17.1. The van der Waals surface area contributed by atoms with Crippen LogP contribution in [-0.4, -0.2) is 26.2 Å². The van der Waals surface area contributed by atoms with Crippen LogP contribution in [0.15, 0.2) is 23.1 Å². The Hall–Kier alpha value is -1.32. The quantitative estimate of drug-likeness (QED) is 0.740. The number of rotatable bonds is 6. The van der Waals surface area contributed by atoms with E-state index in [9.17, 15) is 26.7 Å². The number of alkyl halides is 3. The van der Waals surface area contributed by atoms with Crippen molar-refractivity contribution in [1.82, 2.24) is 0 Å². The summed E-state index contributed by atoms with van der Waals surface area (Å²) in [7, 11) is -4.47. The average molecular weight is 340 g/mol. The van der Waals surface area contributed by atoms with E-state index in [2.05, 4.69) is 5.32 Å². The number of anilines is 1. The second kappa shape index (κ2) is 6.84. The van der Waals surface area contributed by atoms with Crippen LogP contribution in [0, 0.1) is 5.92 Å². The zero-order valence-corrected chi connectivity index (χ0v) is 13.0. The maximum Gasteiger partial charge on any atom is 0.417 e. The minimum Gasteiger partial charge on any atom is -0.393 e.